The Morgan fingerprint density at radius 3 is 2.70 bits per heavy atom. The molecule has 0 radical (unpaired) electrons. The molecule has 1 atom stereocenters. The van der Waals surface area contributed by atoms with Crippen LogP contribution < -0.4 is 0 Å². The number of ether oxygens (including phenoxy) is 1. The SMILES string of the molecule is COC(C)CCCC(=O)O. The van der Waals surface area contributed by atoms with Gasteiger partial charge in [-0.1, -0.05) is 0 Å². The normalized spacial score (nSPS) is 13.0. The van der Waals surface area contributed by atoms with Crippen molar-refractivity contribution >= 4 is 5.97 Å². The second-order valence-corrected chi connectivity index (χ2v) is 2.33. The molecule has 0 fully saturated rings. The first-order valence-corrected chi connectivity index (χ1v) is 3.41. The van der Waals surface area contributed by atoms with E-state index in [1.807, 2.05) is 6.92 Å². The number of hydrogen-bond acceptors (Lipinski definition) is 2. The van der Waals surface area contributed by atoms with Crippen molar-refractivity contribution in [2.45, 2.75) is 32.3 Å². The molecule has 0 saturated carbocycles. The van der Waals surface area contributed by atoms with E-state index in [0.29, 0.717) is 6.42 Å². The maximum atomic E-state index is 10.0. The van der Waals surface area contributed by atoms with E-state index in [-0.39, 0.29) is 12.5 Å². The highest BCUT2D eigenvalue weighted by atomic mass is 16.5. The Hall–Kier alpha value is -0.570. The molecule has 0 spiro atoms. The lowest BCUT2D eigenvalue weighted by molar-refractivity contribution is -0.137. The molecular formula is C7H14O3. The molecule has 0 bridgehead atoms. The zero-order chi connectivity index (χ0) is 7.98. The van der Waals surface area contributed by atoms with Crippen molar-refractivity contribution in [1.82, 2.24) is 0 Å². The van der Waals surface area contributed by atoms with Crippen LogP contribution in [0.15, 0.2) is 0 Å². The molecule has 0 aromatic rings. The Bertz CT molecular complexity index is 101. The van der Waals surface area contributed by atoms with Crippen molar-refractivity contribution < 1.29 is 14.6 Å². The van der Waals surface area contributed by atoms with Gasteiger partial charge in [0.25, 0.3) is 0 Å². The van der Waals surface area contributed by atoms with Crippen molar-refractivity contribution in [2.24, 2.45) is 0 Å². The first-order valence-electron chi connectivity index (χ1n) is 3.41. The second-order valence-electron chi connectivity index (χ2n) is 2.33. The Labute approximate surface area is 61.0 Å². The summed E-state index contributed by atoms with van der Waals surface area (Å²) in [5.74, 6) is -0.733. The molecule has 10 heavy (non-hydrogen) atoms. The minimum absolute atomic E-state index is 0.180. The van der Waals surface area contributed by atoms with Crippen molar-refractivity contribution in [1.29, 1.82) is 0 Å². The maximum absolute atomic E-state index is 10.0. The van der Waals surface area contributed by atoms with E-state index in [1.54, 1.807) is 7.11 Å². The summed E-state index contributed by atoms with van der Waals surface area (Å²) < 4.78 is 4.94. The Kier molecular flexibility index (Phi) is 4.94. The molecule has 1 N–H and O–H groups in total. The van der Waals surface area contributed by atoms with E-state index in [9.17, 15) is 4.79 Å². The van der Waals surface area contributed by atoms with Crippen LogP contribution in [0.25, 0.3) is 0 Å². The van der Waals surface area contributed by atoms with Crippen LogP contribution in [0.3, 0.4) is 0 Å². The zero-order valence-electron chi connectivity index (χ0n) is 6.46. The number of carbonyl (C=O) groups is 1. The van der Waals surface area contributed by atoms with Gasteiger partial charge in [-0.2, -0.15) is 0 Å². The van der Waals surface area contributed by atoms with E-state index in [0.717, 1.165) is 6.42 Å². The standard InChI is InChI=1S/C7H14O3/c1-6(10-2)4-3-5-7(8)9/h6H,3-5H2,1-2H3,(H,8,9). The summed E-state index contributed by atoms with van der Waals surface area (Å²) in [4.78, 5) is 10.0. The number of rotatable bonds is 5. The Balaban J connectivity index is 3.11. The van der Waals surface area contributed by atoms with Crippen LogP contribution in [0, 0.1) is 0 Å². The molecule has 1 unspecified atom stereocenters. The molecular weight excluding hydrogens is 132 g/mol. The molecule has 0 heterocycles. The van der Waals surface area contributed by atoms with Crippen LogP contribution in [-0.2, 0) is 9.53 Å². The summed E-state index contributed by atoms with van der Waals surface area (Å²) >= 11 is 0. The molecule has 0 aliphatic rings. The fraction of sp³-hybridized carbons (Fsp3) is 0.857. The summed E-state index contributed by atoms with van der Waals surface area (Å²) in [6, 6.07) is 0. The lowest BCUT2D eigenvalue weighted by Gasteiger charge is -2.06. The summed E-state index contributed by atoms with van der Waals surface area (Å²) in [5.41, 5.74) is 0. The van der Waals surface area contributed by atoms with Crippen LogP contribution in [0.2, 0.25) is 0 Å². The second kappa shape index (κ2) is 5.23. The molecule has 0 rings (SSSR count). The summed E-state index contributed by atoms with van der Waals surface area (Å²) in [6.45, 7) is 1.93. The van der Waals surface area contributed by atoms with Gasteiger partial charge in [0.2, 0.25) is 0 Å². The smallest absolute Gasteiger partial charge is 0.303 e. The van der Waals surface area contributed by atoms with E-state index in [4.69, 9.17) is 9.84 Å². The van der Waals surface area contributed by atoms with E-state index < -0.39 is 5.97 Å². The highest BCUT2D eigenvalue weighted by Gasteiger charge is 2.01. The van der Waals surface area contributed by atoms with Gasteiger partial charge in [-0.05, 0) is 19.8 Å². The van der Waals surface area contributed by atoms with Gasteiger partial charge in [-0.3, -0.25) is 4.79 Å². The van der Waals surface area contributed by atoms with Crippen LogP contribution >= 0.6 is 0 Å². The van der Waals surface area contributed by atoms with Crippen molar-refractivity contribution in [3.8, 4) is 0 Å². The van der Waals surface area contributed by atoms with Gasteiger partial charge < -0.3 is 9.84 Å². The molecule has 0 aromatic carbocycles. The fourth-order valence-electron chi connectivity index (χ4n) is 0.659. The third kappa shape index (κ3) is 5.56. The number of methoxy groups -OCH3 is 1. The number of hydrogen-bond donors (Lipinski definition) is 1. The minimum Gasteiger partial charge on any atom is -0.481 e. The van der Waals surface area contributed by atoms with Gasteiger partial charge in [-0.15, -0.1) is 0 Å². The molecule has 3 nitrogen and oxygen atoms in total. The minimum atomic E-state index is -0.733. The maximum Gasteiger partial charge on any atom is 0.303 e. The predicted molar refractivity (Wildman–Crippen MR) is 38.0 cm³/mol. The largest absolute Gasteiger partial charge is 0.481 e. The Morgan fingerprint density at radius 1 is 1.70 bits per heavy atom. The molecule has 0 saturated heterocycles. The van der Waals surface area contributed by atoms with Crippen molar-refractivity contribution in [3.63, 3.8) is 0 Å². The van der Waals surface area contributed by atoms with Crippen LogP contribution in [-0.4, -0.2) is 24.3 Å². The molecule has 0 aliphatic carbocycles. The van der Waals surface area contributed by atoms with Gasteiger partial charge in [-0.25, -0.2) is 0 Å². The highest BCUT2D eigenvalue weighted by Crippen LogP contribution is 2.02. The number of carboxylic acids is 1. The summed E-state index contributed by atoms with van der Waals surface area (Å²) in [7, 11) is 1.63. The van der Waals surface area contributed by atoms with Crippen LogP contribution in [0.1, 0.15) is 26.2 Å². The first kappa shape index (κ1) is 9.43. The van der Waals surface area contributed by atoms with Gasteiger partial charge in [0.05, 0.1) is 6.10 Å². The number of carboxylic acid groups (broad SMARTS) is 1. The molecule has 60 valence electrons. The molecule has 3 heteroatoms. The topological polar surface area (TPSA) is 46.5 Å². The lowest BCUT2D eigenvalue weighted by Crippen LogP contribution is -2.05. The summed E-state index contributed by atoms with van der Waals surface area (Å²) in [5, 5.41) is 8.26. The Morgan fingerprint density at radius 2 is 2.30 bits per heavy atom. The molecule has 0 amide bonds. The van der Waals surface area contributed by atoms with Gasteiger partial charge in [0, 0.05) is 13.5 Å². The molecule has 0 aliphatic heterocycles. The average molecular weight is 146 g/mol. The van der Waals surface area contributed by atoms with Crippen LogP contribution in [0.5, 0.6) is 0 Å². The van der Waals surface area contributed by atoms with Gasteiger partial charge in [0.1, 0.15) is 0 Å². The fourth-order valence-corrected chi connectivity index (χ4v) is 0.659. The first-order chi connectivity index (χ1) is 4.66. The summed E-state index contributed by atoms with van der Waals surface area (Å²) in [6.07, 6.45) is 1.94. The zero-order valence-corrected chi connectivity index (χ0v) is 6.46. The van der Waals surface area contributed by atoms with E-state index >= 15 is 0 Å². The van der Waals surface area contributed by atoms with E-state index in [2.05, 4.69) is 0 Å². The lowest BCUT2D eigenvalue weighted by atomic mass is 10.2. The van der Waals surface area contributed by atoms with E-state index in [1.165, 1.54) is 0 Å². The van der Waals surface area contributed by atoms with Crippen molar-refractivity contribution in [2.75, 3.05) is 7.11 Å². The van der Waals surface area contributed by atoms with Crippen molar-refractivity contribution in [3.05, 3.63) is 0 Å². The highest BCUT2D eigenvalue weighted by molar-refractivity contribution is 5.66. The third-order valence-corrected chi connectivity index (χ3v) is 1.40. The van der Waals surface area contributed by atoms with Gasteiger partial charge in [0.15, 0.2) is 0 Å². The third-order valence-electron chi connectivity index (χ3n) is 1.40. The number of aliphatic carboxylic acids is 1. The predicted octanol–water partition coefficient (Wildman–Crippen LogP) is 1.28. The monoisotopic (exact) mass is 146 g/mol. The average Bonchev–Trinajstić information content (AvgIpc) is 1.87. The van der Waals surface area contributed by atoms with Gasteiger partial charge >= 0.3 is 5.97 Å². The quantitative estimate of drug-likeness (QED) is 0.635. The molecule has 0 aromatic heterocycles. The van der Waals surface area contributed by atoms with Crippen LogP contribution in [0.4, 0.5) is 0 Å².